The summed E-state index contributed by atoms with van der Waals surface area (Å²) in [7, 11) is 0. The summed E-state index contributed by atoms with van der Waals surface area (Å²) in [4.78, 5) is 2.35. The predicted octanol–water partition coefficient (Wildman–Crippen LogP) is 1.88. The first-order valence-corrected chi connectivity index (χ1v) is 5.95. The van der Waals surface area contributed by atoms with Crippen molar-refractivity contribution >= 4 is 0 Å². The summed E-state index contributed by atoms with van der Waals surface area (Å²) in [6, 6.07) is 5.36. The molecule has 4 nitrogen and oxygen atoms in total. The highest BCUT2D eigenvalue weighted by Gasteiger charge is 2.23. The topological polar surface area (TPSA) is 52.9 Å². The maximum Gasteiger partial charge on any atom is 0.157 e. The molecule has 0 radical (unpaired) electrons. The van der Waals surface area contributed by atoms with Gasteiger partial charge in [-0.2, -0.15) is 0 Å². The number of ether oxygens (including phenoxy) is 1. The zero-order chi connectivity index (χ0) is 12.4. The molecule has 1 heterocycles. The molecule has 94 valence electrons. The maximum absolute atomic E-state index is 9.49. The van der Waals surface area contributed by atoms with Gasteiger partial charge in [-0.1, -0.05) is 6.07 Å². The van der Waals surface area contributed by atoms with Crippen LogP contribution in [0.15, 0.2) is 18.2 Å². The van der Waals surface area contributed by atoms with Gasteiger partial charge in [0.2, 0.25) is 0 Å². The van der Waals surface area contributed by atoms with Gasteiger partial charge in [0.1, 0.15) is 0 Å². The SMILES string of the molecule is CC(C)N1CCO[C@H](c2ccc(O)c(O)c2)C1. The zero-order valence-electron chi connectivity index (χ0n) is 10.3. The van der Waals surface area contributed by atoms with E-state index in [9.17, 15) is 10.2 Å². The number of nitrogens with zero attached hydrogens (tertiary/aromatic N) is 1. The van der Waals surface area contributed by atoms with Crippen LogP contribution in [-0.4, -0.2) is 40.9 Å². The summed E-state index contributed by atoms with van der Waals surface area (Å²) in [5, 5.41) is 18.8. The van der Waals surface area contributed by atoms with E-state index in [2.05, 4.69) is 18.7 Å². The Balaban J connectivity index is 2.13. The molecule has 0 saturated carbocycles. The van der Waals surface area contributed by atoms with E-state index < -0.39 is 0 Å². The largest absolute Gasteiger partial charge is 0.504 e. The molecule has 1 aromatic carbocycles. The highest BCUT2D eigenvalue weighted by atomic mass is 16.5. The molecule has 0 amide bonds. The van der Waals surface area contributed by atoms with Crippen molar-refractivity contribution in [1.29, 1.82) is 0 Å². The number of aromatic hydroxyl groups is 2. The molecule has 0 unspecified atom stereocenters. The number of benzene rings is 1. The van der Waals surface area contributed by atoms with E-state index >= 15 is 0 Å². The van der Waals surface area contributed by atoms with Crippen LogP contribution in [0.3, 0.4) is 0 Å². The molecule has 4 heteroatoms. The maximum atomic E-state index is 9.49. The predicted molar refractivity (Wildman–Crippen MR) is 65.2 cm³/mol. The van der Waals surface area contributed by atoms with Crippen molar-refractivity contribution in [3.8, 4) is 11.5 Å². The lowest BCUT2D eigenvalue weighted by Gasteiger charge is -2.35. The van der Waals surface area contributed by atoms with Crippen LogP contribution in [0.25, 0.3) is 0 Å². The first-order chi connectivity index (χ1) is 8.08. The standard InChI is InChI=1S/C13H19NO3/c1-9(2)14-5-6-17-13(8-14)10-3-4-11(15)12(16)7-10/h3-4,7,9,13,15-16H,5-6,8H2,1-2H3/t13-/m0/s1. The molecule has 1 atom stereocenters. The lowest BCUT2D eigenvalue weighted by atomic mass is 10.1. The van der Waals surface area contributed by atoms with Crippen LogP contribution < -0.4 is 0 Å². The lowest BCUT2D eigenvalue weighted by molar-refractivity contribution is -0.0402. The van der Waals surface area contributed by atoms with Crippen molar-refractivity contribution in [1.82, 2.24) is 4.90 Å². The second kappa shape index (κ2) is 4.94. The number of phenolic OH excluding ortho intramolecular Hbond substituents is 2. The molecule has 0 aromatic heterocycles. The van der Waals surface area contributed by atoms with Crippen molar-refractivity contribution in [2.75, 3.05) is 19.7 Å². The molecule has 1 aromatic rings. The van der Waals surface area contributed by atoms with E-state index in [1.807, 2.05) is 0 Å². The monoisotopic (exact) mass is 237 g/mol. The number of rotatable bonds is 2. The van der Waals surface area contributed by atoms with Gasteiger partial charge in [0.25, 0.3) is 0 Å². The molecule has 1 saturated heterocycles. The van der Waals surface area contributed by atoms with E-state index in [1.165, 1.54) is 6.07 Å². The summed E-state index contributed by atoms with van der Waals surface area (Å²) in [5.74, 6) is -0.182. The van der Waals surface area contributed by atoms with Crippen LogP contribution >= 0.6 is 0 Å². The van der Waals surface area contributed by atoms with Crippen LogP contribution in [0.4, 0.5) is 0 Å². The van der Waals surface area contributed by atoms with Crippen molar-refractivity contribution < 1.29 is 14.9 Å². The van der Waals surface area contributed by atoms with Gasteiger partial charge < -0.3 is 14.9 Å². The summed E-state index contributed by atoms with van der Waals surface area (Å²) in [5.41, 5.74) is 0.908. The Morgan fingerprint density at radius 2 is 2.06 bits per heavy atom. The number of morpholine rings is 1. The third-order valence-corrected chi connectivity index (χ3v) is 3.20. The summed E-state index contributed by atoms with van der Waals surface area (Å²) in [6.07, 6.45) is -0.0300. The molecule has 0 spiro atoms. The quantitative estimate of drug-likeness (QED) is 0.771. The Labute approximate surface area is 101 Å². The van der Waals surface area contributed by atoms with E-state index in [0.29, 0.717) is 12.6 Å². The first-order valence-electron chi connectivity index (χ1n) is 5.95. The van der Waals surface area contributed by atoms with Gasteiger partial charge in [0, 0.05) is 19.1 Å². The molecular weight excluding hydrogens is 218 g/mol. The molecule has 2 N–H and O–H groups in total. The van der Waals surface area contributed by atoms with Gasteiger partial charge in [0.15, 0.2) is 11.5 Å². The van der Waals surface area contributed by atoms with Gasteiger partial charge in [-0.15, -0.1) is 0 Å². The normalized spacial score (nSPS) is 21.9. The third kappa shape index (κ3) is 2.70. The van der Waals surface area contributed by atoms with Crippen LogP contribution in [0.2, 0.25) is 0 Å². The third-order valence-electron chi connectivity index (χ3n) is 3.20. The highest BCUT2D eigenvalue weighted by molar-refractivity contribution is 5.41. The van der Waals surface area contributed by atoms with Gasteiger partial charge in [0.05, 0.1) is 12.7 Å². The van der Waals surface area contributed by atoms with Gasteiger partial charge in [-0.25, -0.2) is 0 Å². The molecule has 17 heavy (non-hydrogen) atoms. The van der Waals surface area contributed by atoms with Gasteiger partial charge in [-0.3, -0.25) is 4.90 Å². The van der Waals surface area contributed by atoms with E-state index in [0.717, 1.165) is 18.7 Å². The van der Waals surface area contributed by atoms with Crippen LogP contribution in [0.5, 0.6) is 11.5 Å². The van der Waals surface area contributed by atoms with Crippen molar-refractivity contribution in [2.24, 2.45) is 0 Å². The van der Waals surface area contributed by atoms with Crippen molar-refractivity contribution in [2.45, 2.75) is 26.0 Å². The Hall–Kier alpha value is -1.26. The average Bonchev–Trinajstić information content (AvgIpc) is 2.33. The van der Waals surface area contributed by atoms with Gasteiger partial charge >= 0.3 is 0 Å². The fourth-order valence-electron chi connectivity index (χ4n) is 2.08. The number of hydrogen-bond acceptors (Lipinski definition) is 4. The van der Waals surface area contributed by atoms with E-state index in [4.69, 9.17) is 4.74 Å². The average molecular weight is 237 g/mol. The minimum absolute atomic E-state index is 0.0300. The van der Waals surface area contributed by atoms with Crippen LogP contribution in [-0.2, 0) is 4.74 Å². The molecule has 2 rings (SSSR count). The molecular formula is C13H19NO3. The Bertz CT molecular complexity index is 392. The highest BCUT2D eigenvalue weighted by Crippen LogP contribution is 2.30. The minimum atomic E-state index is -0.0923. The molecule has 1 aliphatic rings. The smallest absolute Gasteiger partial charge is 0.157 e. The fraction of sp³-hybridized carbons (Fsp3) is 0.538. The van der Waals surface area contributed by atoms with E-state index in [-0.39, 0.29) is 17.6 Å². The zero-order valence-corrected chi connectivity index (χ0v) is 10.3. The molecule has 1 aliphatic heterocycles. The first kappa shape index (κ1) is 12.2. The second-order valence-electron chi connectivity index (χ2n) is 4.70. The lowest BCUT2D eigenvalue weighted by Crippen LogP contribution is -2.42. The summed E-state index contributed by atoms with van der Waals surface area (Å²) < 4.78 is 5.70. The van der Waals surface area contributed by atoms with Crippen LogP contribution in [0.1, 0.15) is 25.5 Å². The molecule has 0 aliphatic carbocycles. The van der Waals surface area contributed by atoms with Crippen molar-refractivity contribution in [3.05, 3.63) is 23.8 Å². The minimum Gasteiger partial charge on any atom is -0.504 e. The fourth-order valence-corrected chi connectivity index (χ4v) is 2.08. The van der Waals surface area contributed by atoms with Crippen molar-refractivity contribution in [3.63, 3.8) is 0 Å². The van der Waals surface area contributed by atoms with Crippen LogP contribution in [0, 0.1) is 0 Å². The molecule has 1 fully saturated rings. The second-order valence-corrected chi connectivity index (χ2v) is 4.70. The summed E-state index contributed by atoms with van der Waals surface area (Å²) >= 11 is 0. The Morgan fingerprint density at radius 3 is 2.71 bits per heavy atom. The Kier molecular flexibility index (Phi) is 3.54. The number of phenols is 2. The molecule has 0 bridgehead atoms. The van der Waals surface area contributed by atoms with E-state index in [1.54, 1.807) is 12.1 Å². The number of hydrogen-bond donors (Lipinski definition) is 2. The van der Waals surface area contributed by atoms with Gasteiger partial charge in [-0.05, 0) is 31.5 Å². The summed E-state index contributed by atoms with van der Waals surface area (Å²) in [6.45, 7) is 6.79. The Morgan fingerprint density at radius 1 is 1.29 bits per heavy atom.